The lowest BCUT2D eigenvalue weighted by molar-refractivity contribution is 0.101. The molecule has 2 aromatic carbocycles. The fraction of sp³-hybridized carbons (Fsp3) is 0.348. The summed E-state index contributed by atoms with van der Waals surface area (Å²) in [4.78, 5) is 11.7. The van der Waals surface area contributed by atoms with Crippen molar-refractivity contribution in [1.82, 2.24) is 10.2 Å². The maximum absolute atomic E-state index is 11.7. The number of hydrogen-bond acceptors (Lipinski definition) is 6. The number of ketones is 1. The largest absolute Gasteiger partial charge is 0.494 e. The Morgan fingerprint density at radius 1 is 1.10 bits per heavy atom. The molecule has 0 aliphatic rings. The van der Waals surface area contributed by atoms with Crippen LogP contribution in [0.4, 0.5) is 0 Å². The molecule has 0 N–H and O–H groups in total. The molecule has 29 heavy (non-hydrogen) atoms. The van der Waals surface area contributed by atoms with Gasteiger partial charge in [0.25, 0.3) is 5.22 Å². The minimum absolute atomic E-state index is 0.0260. The van der Waals surface area contributed by atoms with Gasteiger partial charge in [0.15, 0.2) is 5.78 Å². The van der Waals surface area contributed by atoms with Crippen molar-refractivity contribution in [3.05, 3.63) is 59.2 Å². The molecule has 1 heterocycles. The molecule has 0 saturated heterocycles. The van der Waals surface area contributed by atoms with Crippen molar-refractivity contribution in [3.63, 3.8) is 0 Å². The molecular formula is C23H26N2O3S. The Morgan fingerprint density at radius 3 is 2.45 bits per heavy atom. The van der Waals surface area contributed by atoms with Crippen LogP contribution in [-0.2, 0) is 11.2 Å². The van der Waals surface area contributed by atoms with Gasteiger partial charge in [-0.25, -0.2) is 0 Å². The van der Waals surface area contributed by atoms with Crippen LogP contribution in [0.5, 0.6) is 5.75 Å². The SMILES string of the molecule is CCOc1ccc(C(C)=O)cc1CSc1nnc(-c2ccc(C(C)(C)C)cc2)o1. The van der Waals surface area contributed by atoms with E-state index in [1.54, 1.807) is 13.0 Å². The lowest BCUT2D eigenvalue weighted by Gasteiger charge is -2.18. The highest BCUT2D eigenvalue weighted by Gasteiger charge is 2.15. The highest BCUT2D eigenvalue weighted by atomic mass is 32.2. The van der Waals surface area contributed by atoms with Crippen molar-refractivity contribution in [1.29, 1.82) is 0 Å². The average molecular weight is 411 g/mol. The molecule has 0 bridgehead atoms. The van der Waals surface area contributed by atoms with Crippen LogP contribution in [0.25, 0.3) is 11.5 Å². The lowest BCUT2D eigenvalue weighted by Crippen LogP contribution is -2.10. The van der Waals surface area contributed by atoms with Crippen molar-refractivity contribution < 1.29 is 13.9 Å². The first-order valence-electron chi connectivity index (χ1n) is 9.62. The Kier molecular flexibility index (Phi) is 6.42. The fourth-order valence-electron chi connectivity index (χ4n) is 2.84. The van der Waals surface area contributed by atoms with E-state index in [9.17, 15) is 4.79 Å². The van der Waals surface area contributed by atoms with Gasteiger partial charge in [0.05, 0.1) is 6.61 Å². The summed E-state index contributed by atoms with van der Waals surface area (Å²) in [5.74, 6) is 1.86. The monoisotopic (exact) mass is 410 g/mol. The Bertz CT molecular complexity index is 988. The summed E-state index contributed by atoms with van der Waals surface area (Å²) >= 11 is 1.43. The van der Waals surface area contributed by atoms with Crippen LogP contribution >= 0.6 is 11.8 Å². The maximum atomic E-state index is 11.7. The summed E-state index contributed by atoms with van der Waals surface area (Å²) in [6, 6.07) is 13.7. The fourth-order valence-corrected chi connectivity index (χ4v) is 3.59. The molecule has 0 spiro atoms. The van der Waals surface area contributed by atoms with Gasteiger partial charge in [0, 0.05) is 22.4 Å². The van der Waals surface area contributed by atoms with Gasteiger partial charge in [-0.05, 0) is 55.2 Å². The van der Waals surface area contributed by atoms with Gasteiger partial charge < -0.3 is 9.15 Å². The smallest absolute Gasteiger partial charge is 0.277 e. The molecular weight excluding hydrogens is 384 g/mol. The first kappa shape index (κ1) is 21.1. The number of rotatable bonds is 7. The van der Waals surface area contributed by atoms with Crippen LogP contribution in [-0.4, -0.2) is 22.6 Å². The van der Waals surface area contributed by atoms with Crippen LogP contribution in [0.3, 0.4) is 0 Å². The zero-order valence-corrected chi connectivity index (χ0v) is 18.3. The van der Waals surface area contributed by atoms with Crippen molar-refractivity contribution in [2.75, 3.05) is 6.61 Å². The summed E-state index contributed by atoms with van der Waals surface area (Å²) in [6.45, 7) is 10.6. The Labute approximate surface area is 175 Å². The average Bonchev–Trinajstić information content (AvgIpc) is 3.16. The summed E-state index contributed by atoms with van der Waals surface area (Å²) in [6.07, 6.45) is 0. The number of hydrogen-bond donors (Lipinski definition) is 0. The van der Waals surface area contributed by atoms with Crippen molar-refractivity contribution in [2.45, 2.75) is 51.0 Å². The number of carbonyl (C=O) groups excluding carboxylic acids is 1. The van der Waals surface area contributed by atoms with Gasteiger partial charge >= 0.3 is 0 Å². The number of ether oxygens (including phenoxy) is 1. The molecule has 152 valence electrons. The topological polar surface area (TPSA) is 65.2 Å². The number of Topliss-reactive ketones (excluding diaryl/α,β-unsaturated/α-hetero) is 1. The van der Waals surface area contributed by atoms with Crippen LogP contribution < -0.4 is 4.74 Å². The molecule has 3 aromatic rings. The predicted octanol–water partition coefficient (Wildman–Crippen LogP) is 5.93. The maximum Gasteiger partial charge on any atom is 0.277 e. The van der Waals surface area contributed by atoms with E-state index in [4.69, 9.17) is 9.15 Å². The number of thioether (sulfide) groups is 1. The van der Waals surface area contributed by atoms with E-state index in [-0.39, 0.29) is 11.2 Å². The van der Waals surface area contributed by atoms with E-state index in [1.165, 1.54) is 17.3 Å². The second kappa shape index (κ2) is 8.82. The van der Waals surface area contributed by atoms with Gasteiger partial charge in [-0.3, -0.25) is 4.79 Å². The highest BCUT2D eigenvalue weighted by molar-refractivity contribution is 7.98. The van der Waals surface area contributed by atoms with E-state index < -0.39 is 0 Å². The van der Waals surface area contributed by atoms with E-state index >= 15 is 0 Å². The molecule has 0 atom stereocenters. The number of aromatic nitrogens is 2. The normalized spacial score (nSPS) is 11.5. The van der Waals surface area contributed by atoms with E-state index in [0.717, 1.165) is 16.9 Å². The molecule has 0 fully saturated rings. The van der Waals surface area contributed by atoms with Gasteiger partial charge in [-0.1, -0.05) is 44.7 Å². The van der Waals surface area contributed by atoms with Gasteiger partial charge in [-0.15, -0.1) is 10.2 Å². The third-order valence-corrected chi connectivity index (χ3v) is 5.39. The molecule has 3 rings (SSSR count). The lowest BCUT2D eigenvalue weighted by atomic mass is 9.87. The second-order valence-corrected chi connectivity index (χ2v) is 8.73. The Hall–Kier alpha value is -2.60. The number of carbonyl (C=O) groups is 1. The summed E-state index contributed by atoms with van der Waals surface area (Å²) in [5.41, 5.74) is 3.84. The predicted molar refractivity (Wildman–Crippen MR) is 116 cm³/mol. The van der Waals surface area contributed by atoms with Crippen molar-refractivity contribution >= 4 is 17.5 Å². The molecule has 0 radical (unpaired) electrons. The molecule has 5 nitrogen and oxygen atoms in total. The minimum atomic E-state index is 0.0260. The summed E-state index contributed by atoms with van der Waals surface area (Å²) < 4.78 is 11.5. The molecule has 0 aliphatic carbocycles. The first-order chi connectivity index (χ1) is 13.8. The third-order valence-electron chi connectivity index (χ3n) is 4.52. The zero-order valence-electron chi connectivity index (χ0n) is 17.5. The quantitative estimate of drug-likeness (QED) is 0.355. The molecule has 0 amide bonds. The number of nitrogens with zero attached hydrogens (tertiary/aromatic N) is 2. The molecule has 6 heteroatoms. The van der Waals surface area contributed by atoms with Crippen LogP contribution in [0.1, 0.15) is 56.1 Å². The van der Waals surface area contributed by atoms with Gasteiger partial charge in [-0.2, -0.15) is 0 Å². The van der Waals surface area contributed by atoms with Crippen LogP contribution in [0, 0.1) is 0 Å². The second-order valence-electron chi connectivity index (χ2n) is 7.80. The van der Waals surface area contributed by atoms with Crippen molar-refractivity contribution in [2.24, 2.45) is 0 Å². The molecule has 0 unspecified atom stereocenters. The van der Waals surface area contributed by atoms with E-state index in [2.05, 4.69) is 43.1 Å². The number of benzene rings is 2. The molecule has 0 saturated carbocycles. The Balaban J connectivity index is 1.74. The molecule has 0 aliphatic heterocycles. The van der Waals surface area contributed by atoms with E-state index in [1.807, 2.05) is 31.2 Å². The Morgan fingerprint density at radius 2 is 1.83 bits per heavy atom. The minimum Gasteiger partial charge on any atom is -0.494 e. The highest BCUT2D eigenvalue weighted by Crippen LogP contribution is 2.31. The molecule has 1 aromatic heterocycles. The van der Waals surface area contributed by atoms with Gasteiger partial charge in [0.1, 0.15) is 5.75 Å². The van der Waals surface area contributed by atoms with Gasteiger partial charge in [0.2, 0.25) is 5.89 Å². The summed E-state index contributed by atoms with van der Waals surface area (Å²) in [5, 5.41) is 8.80. The van der Waals surface area contributed by atoms with Crippen LogP contribution in [0.2, 0.25) is 0 Å². The van der Waals surface area contributed by atoms with Crippen molar-refractivity contribution in [3.8, 4) is 17.2 Å². The first-order valence-corrected chi connectivity index (χ1v) is 10.6. The van der Waals surface area contributed by atoms with E-state index in [0.29, 0.717) is 29.0 Å². The zero-order chi connectivity index (χ0) is 21.0. The third kappa shape index (κ3) is 5.26. The van der Waals surface area contributed by atoms with Crippen LogP contribution in [0.15, 0.2) is 52.1 Å². The summed E-state index contributed by atoms with van der Waals surface area (Å²) in [7, 11) is 0. The standard InChI is InChI=1S/C23H26N2O3S/c1-6-27-20-12-9-17(15(2)26)13-18(20)14-29-22-25-24-21(28-22)16-7-10-19(11-8-16)23(3,4)5/h7-13H,6,14H2,1-5H3.